The van der Waals surface area contributed by atoms with Crippen LogP contribution in [0.25, 0.3) is 0 Å². The second-order valence-electron chi connectivity index (χ2n) is 17.6. The molecule has 0 aliphatic heterocycles. The predicted octanol–water partition coefficient (Wildman–Crippen LogP) is 10.6. The van der Waals surface area contributed by atoms with Crippen LogP contribution in [0.5, 0.6) is 5.75 Å². The highest BCUT2D eigenvalue weighted by molar-refractivity contribution is 5.87. The van der Waals surface area contributed by atoms with Crippen LogP contribution in [-0.4, -0.2) is 55.2 Å². The molecule has 7 heteroatoms. The lowest BCUT2D eigenvalue weighted by Gasteiger charge is -2.41. The number of hydrogen-bond donors (Lipinski definition) is 2. The summed E-state index contributed by atoms with van der Waals surface area (Å²) in [4.78, 5) is 24.2. The van der Waals surface area contributed by atoms with Crippen molar-refractivity contribution in [1.29, 1.82) is 0 Å². The molecule has 0 unspecified atom stereocenters. The number of unbranched alkanes of at least 4 members (excludes halogenated alkanes) is 2. The zero-order chi connectivity index (χ0) is 39.6. The van der Waals surface area contributed by atoms with Crippen LogP contribution in [0.3, 0.4) is 0 Å². The molecule has 0 heterocycles. The molecule has 0 atom stereocenters. The molecule has 0 amide bonds. The lowest BCUT2D eigenvalue weighted by Crippen LogP contribution is -2.29. The lowest BCUT2D eigenvalue weighted by atomic mass is 9.64. The smallest absolute Gasteiger partial charge is 0.333 e. The minimum Gasteiger partial charge on any atom is -0.493 e. The van der Waals surface area contributed by atoms with E-state index in [1.54, 1.807) is 13.8 Å². The van der Waals surface area contributed by atoms with Gasteiger partial charge in [-0.05, 0) is 162 Å². The third-order valence-corrected chi connectivity index (χ3v) is 13.4. The fraction of sp³-hybridized carbons (Fsp3) is 0.750. The van der Waals surface area contributed by atoms with Crippen LogP contribution < -0.4 is 4.74 Å². The summed E-state index contributed by atoms with van der Waals surface area (Å²) in [6, 6.07) is 4.65. The van der Waals surface area contributed by atoms with E-state index in [2.05, 4.69) is 32.2 Å². The van der Waals surface area contributed by atoms with E-state index in [4.69, 9.17) is 14.2 Å². The molecule has 0 spiro atoms. The Bertz CT molecular complexity index is 1270. The first-order chi connectivity index (χ1) is 26.6. The standard InChI is InChI=1S/C48H76O7/c1-6-7-8-11-36-14-16-38(17-15-36)39-18-20-40(21-19-39)41-22-24-42(25-23-41)45-30-43(12-9-27-54-47(51)34(2)3)46(53-29-26-37(32-49)33-50)44(31-45)13-10-28-55-48(52)35(4)5/h30-31,36-42,49-50H,2,4,6-29,32-33H2,1,3,5H3. The minimum atomic E-state index is -0.375. The zero-order valence-electron chi connectivity index (χ0n) is 34.9. The molecule has 4 rings (SSSR count). The number of esters is 2. The number of carbonyl (C=O) groups is 2. The van der Waals surface area contributed by atoms with Crippen LogP contribution in [0, 0.1) is 35.5 Å². The molecule has 3 fully saturated rings. The van der Waals surface area contributed by atoms with Crippen LogP contribution >= 0.6 is 0 Å². The van der Waals surface area contributed by atoms with Gasteiger partial charge in [0.1, 0.15) is 5.75 Å². The number of hydrogen-bond acceptors (Lipinski definition) is 7. The molecule has 310 valence electrons. The highest BCUT2D eigenvalue weighted by Crippen LogP contribution is 2.48. The number of carbonyl (C=O) groups excluding carboxylic acids is 2. The summed E-state index contributed by atoms with van der Waals surface area (Å²) in [6.07, 6.45) is 25.5. The summed E-state index contributed by atoms with van der Waals surface area (Å²) in [5.41, 5.74) is 4.32. The van der Waals surface area contributed by atoms with Crippen LogP contribution in [-0.2, 0) is 31.9 Å². The number of aliphatic hydroxyl groups excluding tert-OH is 2. The Hall–Kier alpha value is -2.64. The monoisotopic (exact) mass is 765 g/mol. The van der Waals surface area contributed by atoms with Crippen LogP contribution in [0.2, 0.25) is 0 Å². The molecule has 3 saturated carbocycles. The molecule has 2 N–H and O–H groups in total. The molecule has 3 aliphatic carbocycles. The number of rotatable bonds is 23. The number of benzene rings is 1. The molecule has 0 bridgehead atoms. The van der Waals surface area contributed by atoms with Gasteiger partial charge in [-0.3, -0.25) is 0 Å². The van der Waals surface area contributed by atoms with Gasteiger partial charge >= 0.3 is 11.9 Å². The molecular weight excluding hydrogens is 689 g/mol. The minimum absolute atomic E-state index is 0.0923. The average molecular weight is 765 g/mol. The van der Waals surface area contributed by atoms with Gasteiger partial charge < -0.3 is 24.4 Å². The first-order valence-electron chi connectivity index (χ1n) is 22.3. The Balaban J connectivity index is 1.40. The molecule has 55 heavy (non-hydrogen) atoms. The third kappa shape index (κ3) is 14.7. The van der Waals surface area contributed by atoms with Crippen molar-refractivity contribution >= 4 is 11.9 Å². The van der Waals surface area contributed by atoms with Crippen LogP contribution in [0.15, 0.2) is 36.4 Å². The molecule has 1 aromatic carbocycles. The highest BCUT2D eigenvalue weighted by atomic mass is 16.5. The number of aliphatic hydroxyl groups is 2. The summed E-state index contributed by atoms with van der Waals surface area (Å²) in [5.74, 6) is 5.00. The van der Waals surface area contributed by atoms with E-state index in [1.807, 2.05) is 0 Å². The van der Waals surface area contributed by atoms with Gasteiger partial charge in [0.2, 0.25) is 0 Å². The Morgan fingerprint density at radius 1 is 0.673 bits per heavy atom. The van der Waals surface area contributed by atoms with Crippen molar-refractivity contribution in [2.24, 2.45) is 35.5 Å². The number of ether oxygens (including phenoxy) is 3. The highest BCUT2D eigenvalue weighted by Gasteiger charge is 2.35. The van der Waals surface area contributed by atoms with Gasteiger partial charge in [-0.25, -0.2) is 9.59 Å². The van der Waals surface area contributed by atoms with E-state index in [9.17, 15) is 19.8 Å². The second-order valence-corrected chi connectivity index (χ2v) is 17.6. The molecule has 7 nitrogen and oxygen atoms in total. The van der Waals surface area contributed by atoms with Gasteiger partial charge in [0.15, 0.2) is 0 Å². The van der Waals surface area contributed by atoms with Crippen molar-refractivity contribution in [3.8, 4) is 5.75 Å². The quantitative estimate of drug-likeness (QED) is 0.0650. The normalized spacial score (nSPS) is 24.3. The summed E-state index contributed by atoms with van der Waals surface area (Å²) in [6.45, 7) is 13.8. The molecule has 1 aromatic rings. The molecule has 3 aliphatic rings. The maximum atomic E-state index is 12.1. The maximum absolute atomic E-state index is 12.1. The van der Waals surface area contributed by atoms with Crippen molar-refractivity contribution in [1.82, 2.24) is 0 Å². The molecule has 0 radical (unpaired) electrons. The fourth-order valence-electron chi connectivity index (χ4n) is 9.89. The Morgan fingerprint density at radius 2 is 1.13 bits per heavy atom. The zero-order valence-corrected chi connectivity index (χ0v) is 34.9. The Morgan fingerprint density at radius 3 is 1.56 bits per heavy atom. The molecule has 0 aromatic heterocycles. The van der Waals surface area contributed by atoms with Gasteiger partial charge in [0.05, 0.1) is 19.8 Å². The van der Waals surface area contributed by atoms with Gasteiger partial charge in [-0.15, -0.1) is 0 Å². The Labute approximate surface area is 334 Å². The van der Waals surface area contributed by atoms with Gasteiger partial charge in [0, 0.05) is 30.3 Å². The van der Waals surface area contributed by atoms with Crippen molar-refractivity contribution in [3.05, 3.63) is 53.1 Å². The lowest BCUT2D eigenvalue weighted by molar-refractivity contribution is -0.139. The van der Waals surface area contributed by atoms with Crippen molar-refractivity contribution in [3.63, 3.8) is 0 Å². The summed E-state index contributed by atoms with van der Waals surface area (Å²) >= 11 is 0. The van der Waals surface area contributed by atoms with Crippen LogP contribution in [0.4, 0.5) is 0 Å². The van der Waals surface area contributed by atoms with E-state index in [-0.39, 0.29) is 31.1 Å². The predicted molar refractivity (Wildman–Crippen MR) is 222 cm³/mol. The van der Waals surface area contributed by atoms with Gasteiger partial charge in [-0.1, -0.05) is 70.7 Å². The van der Waals surface area contributed by atoms with E-state index in [1.165, 1.54) is 108 Å². The third-order valence-electron chi connectivity index (χ3n) is 13.4. The Kier molecular flexibility index (Phi) is 19.8. The maximum Gasteiger partial charge on any atom is 0.333 e. The van der Waals surface area contributed by atoms with Gasteiger partial charge in [-0.2, -0.15) is 0 Å². The molecular formula is C48H76O7. The first-order valence-corrected chi connectivity index (χ1v) is 22.3. The summed E-state index contributed by atoms with van der Waals surface area (Å²) in [7, 11) is 0. The van der Waals surface area contributed by atoms with E-state index in [0.29, 0.717) is 69.0 Å². The topological polar surface area (TPSA) is 102 Å². The summed E-state index contributed by atoms with van der Waals surface area (Å²) in [5, 5.41) is 19.3. The van der Waals surface area contributed by atoms with Crippen molar-refractivity contribution in [2.45, 2.75) is 162 Å². The van der Waals surface area contributed by atoms with E-state index in [0.717, 1.165) is 46.5 Å². The fourth-order valence-corrected chi connectivity index (χ4v) is 9.89. The van der Waals surface area contributed by atoms with Gasteiger partial charge in [0.25, 0.3) is 0 Å². The largest absolute Gasteiger partial charge is 0.493 e. The SMILES string of the molecule is C=C(C)C(=O)OCCCc1cc(C2CCC(C3CCC(C4CCC(CCCCC)CC4)CC3)CC2)cc(CCCOC(=O)C(=C)C)c1OCCC(CO)CO. The average Bonchev–Trinajstić information content (AvgIpc) is 3.20. The van der Waals surface area contributed by atoms with Crippen molar-refractivity contribution in [2.75, 3.05) is 33.0 Å². The summed E-state index contributed by atoms with van der Waals surface area (Å²) < 4.78 is 17.4. The number of aryl methyl sites for hydroxylation is 2. The van der Waals surface area contributed by atoms with Crippen LogP contribution in [0.1, 0.15) is 165 Å². The van der Waals surface area contributed by atoms with E-state index < -0.39 is 0 Å². The second kappa shape index (κ2) is 24.2. The van der Waals surface area contributed by atoms with E-state index >= 15 is 0 Å². The first kappa shape index (κ1) is 45.1. The van der Waals surface area contributed by atoms with Crippen molar-refractivity contribution < 1.29 is 34.0 Å². The molecule has 0 saturated heterocycles.